The van der Waals surface area contributed by atoms with E-state index in [9.17, 15) is 0 Å². The predicted molar refractivity (Wildman–Crippen MR) is 107 cm³/mol. The van der Waals surface area contributed by atoms with E-state index >= 15 is 0 Å². The van der Waals surface area contributed by atoms with E-state index in [0.29, 0.717) is 26.7 Å². The Labute approximate surface area is 165 Å². The Bertz CT molecular complexity index is 998. The average molecular weight is 404 g/mol. The number of fused-ring (bicyclic) bond motifs is 1. The number of oxazole rings is 1. The Morgan fingerprint density at radius 2 is 1.27 bits per heavy atom. The first-order chi connectivity index (χ1) is 12.6. The molecular formula is C20H13Cl3N2O. The summed E-state index contributed by atoms with van der Waals surface area (Å²) in [4.78, 5) is 4.49. The van der Waals surface area contributed by atoms with Gasteiger partial charge in [0.25, 0.3) is 6.01 Å². The van der Waals surface area contributed by atoms with Crippen LogP contribution in [0.2, 0.25) is 15.1 Å². The van der Waals surface area contributed by atoms with Crippen molar-refractivity contribution >= 4 is 51.9 Å². The maximum Gasteiger partial charge on any atom is 0.296 e. The van der Waals surface area contributed by atoms with Gasteiger partial charge in [0.15, 0.2) is 5.58 Å². The van der Waals surface area contributed by atoms with E-state index in [1.165, 1.54) is 0 Å². The lowest BCUT2D eigenvalue weighted by Gasteiger charge is -2.19. The molecular weight excluding hydrogens is 391 g/mol. The van der Waals surface area contributed by atoms with Gasteiger partial charge in [-0.05, 0) is 47.5 Å². The van der Waals surface area contributed by atoms with Gasteiger partial charge in [0, 0.05) is 21.1 Å². The number of rotatable bonds is 4. The molecule has 0 aliphatic carbocycles. The molecule has 0 spiro atoms. The predicted octanol–water partition coefficient (Wildman–Crippen LogP) is 6.99. The summed E-state index contributed by atoms with van der Waals surface area (Å²) in [5.41, 5.74) is 3.42. The molecule has 0 atom stereocenters. The van der Waals surface area contributed by atoms with Crippen LogP contribution in [0, 0.1) is 0 Å². The van der Waals surface area contributed by atoms with Gasteiger partial charge in [0.2, 0.25) is 0 Å². The minimum atomic E-state index is -0.173. The molecule has 0 saturated carbocycles. The number of benzene rings is 3. The molecule has 1 N–H and O–H groups in total. The standard InChI is InChI=1S/C20H13Cl3N2O/c21-14-5-1-12(2-6-14)19(13-3-7-15(22)8-4-13)25-20-24-17-10-9-16(23)11-18(17)26-20/h1-11,19H,(H,24,25). The van der Waals surface area contributed by atoms with Crippen LogP contribution in [0.25, 0.3) is 11.1 Å². The first kappa shape index (κ1) is 17.2. The lowest BCUT2D eigenvalue weighted by atomic mass is 9.99. The summed E-state index contributed by atoms with van der Waals surface area (Å²) in [6, 6.07) is 20.9. The summed E-state index contributed by atoms with van der Waals surface area (Å²) >= 11 is 18.1. The zero-order valence-corrected chi connectivity index (χ0v) is 15.7. The van der Waals surface area contributed by atoms with Gasteiger partial charge in [-0.1, -0.05) is 59.1 Å². The van der Waals surface area contributed by atoms with Gasteiger partial charge >= 0.3 is 0 Å². The van der Waals surface area contributed by atoms with Crippen LogP contribution in [0.15, 0.2) is 71.1 Å². The number of nitrogens with zero attached hydrogens (tertiary/aromatic N) is 1. The highest BCUT2D eigenvalue weighted by Gasteiger charge is 2.17. The van der Waals surface area contributed by atoms with Crippen molar-refractivity contribution in [1.82, 2.24) is 4.98 Å². The second-order valence-electron chi connectivity index (χ2n) is 5.81. The van der Waals surface area contributed by atoms with Gasteiger partial charge in [0.1, 0.15) is 5.52 Å². The Balaban J connectivity index is 1.73. The average Bonchev–Trinajstić information content (AvgIpc) is 3.03. The lowest BCUT2D eigenvalue weighted by molar-refractivity contribution is 0.607. The smallest absolute Gasteiger partial charge is 0.296 e. The fraction of sp³-hybridized carbons (Fsp3) is 0.0500. The van der Waals surface area contributed by atoms with Gasteiger partial charge in [-0.25, -0.2) is 0 Å². The number of hydrogen-bond acceptors (Lipinski definition) is 3. The van der Waals surface area contributed by atoms with Crippen LogP contribution < -0.4 is 5.32 Å². The minimum absolute atomic E-state index is 0.173. The molecule has 1 heterocycles. The second-order valence-corrected chi connectivity index (χ2v) is 7.12. The Kier molecular flexibility index (Phi) is 4.77. The van der Waals surface area contributed by atoms with Crippen molar-refractivity contribution in [2.75, 3.05) is 5.32 Å². The number of halogens is 3. The van der Waals surface area contributed by atoms with Crippen molar-refractivity contribution in [3.05, 3.63) is 92.9 Å². The molecule has 0 fully saturated rings. The largest absolute Gasteiger partial charge is 0.423 e. The summed E-state index contributed by atoms with van der Waals surface area (Å²) in [6.07, 6.45) is 0. The molecule has 4 rings (SSSR count). The first-order valence-electron chi connectivity index (χ1n) is 7.92. The third-order valence-electron chi connectivity index (χ3n) is 4.02. The number of aromatic nitrogens is 1. The number of hydrogen-bond donors (Lipinski definition) is 1. The summed E-state index contributed by atoms with van der Waals surface area (Å²) in [5, 5.41) is 5.32. The zero-order chi connectivity index (χ0) is 18.1. The summed E-state index contributed by atoms with van der Waals surface area (Å²) < 4.78 is 5.81. The van der Waals surface area contributed by atoms with Crippen LogP contribution >= 0.6 is 34.8 Å². The zero-order valence-electron chi connectivity index (χ0n) is 13.4. The van der Waals surface area contributed by atoms with Gasteiger partial charge < -0.3 is 9.73 Å². The van der Waals surface area contributed by atoms with Crippen LogP contribution in [-0.4, -0.2) is 4.98 Å². The van der Waals surface area contributed by atoms with E-state index in [4.69, 9.17) is 39.2 Å². The van der Waals surface area contributed by atoms with E-state index < -0.39 is 0 Å². The minimum Gasteiger partial charge on any atom is -0.423 e. The van der Waals surface area contributed by atoms with Crippen LogP contribution in [0.3, 0.4) is 0 Å². The third-order valence-corrected chi connectivity index (χ3v) is 4.76. The van der Waals surface area contributed by atoms with Gasteiger partial charge in [-0.15, -0.1) is 0 Å². The van der Waals surface area contributed by atoms with Crippen LogP contribution in [0.4, 0.5) is 6.01 Å². The van der Waals surface area contributed by atoms with Crippen LogP contribution in [-0.2, 0) is 0 Å². The molecule has 0 radical (unpaired) electrons. The van der Waals surface area contributed by atoms with Crippen molar-refractivity contribution in [3.63, 3.8) is 0 Å². The quantitative estimate of drug-likeness (QED) is 0.399. The van der Waals surface area contributed by atoms with Crippen LogP contribution in [0.5, 0.6) is 0 Å². The molecule has 26 heavy (non-hydrogen) atoms. The Hall–Kier alpha value is -2.20. The molecule has 0 aliphatic rings. The number of anilines is 1. The highest BCUT2D eigenvalue weighted by molar-refractivity contribution is 6.31. The molecule has 130 valence electrons. The molecule has 3 nitrogen and oxygen atoms in total. The molecule has 0 aliphatic heterocycles. The Morgan fingerprint density at radius 1 is 0.731 bits per heavy atom. The summed E-state index contributed by atoms with van der Waals surface area (Å²) in [6.45, 7) is 0. The van der Waals surface area contributed by atoms with Crippen LogP contribution in [0.1, 0.15) is 17.2 Å². The highest BCUT2D eigenvalue weighted by atomic mass is 35.5. The van der Waals surface area contributed by atoms with Crippen molar-refractivity contribution in [2.24, 2.45) is 0 Å². The summed E-state index contributed by atoms with van der Waals surface area (Å²) in [5.74, 6) is 0. The molecule has 0 saturated heterocycles. The first-order valence-corrected chi connectivity index (χ1v) is 9.05. The molecule has 0 bridgehead atoms. The van der Waals surface area contributed by atoms with Gasteiger partial charge in [-0.2, -0.15) is 4.98 Å². The van der Waals surface area contributed by atoms with Crippen molar-refractivity contribution in [1.29, 1.82) is 0 Å². The monoisotopic (exact) mass is 402 g/mol. The molecule has 6 heteroatoms. The second kappa shape index (κ2) is 7.20. The molecule has 0 amide bonds. The highest BCUT2D eigenvalue weighted by Crippen LogP contribution is 2.30. The SMILES string of the molecule is Clc1ccc(C(Nc2nc3ccc(Cl)cc3o2)c2ccc(Cl)cc2)cc1. The summed E-state index contributed by atoms with van der Waals surface area (Å²) in [7, 11) is 0. The third kappa shape index (κ3) is 3.65. The number of nitrogens with one attached hydrogen (secondary N) is 1. The van der Waals surface area contributed by atoms with E-state index in [-0.39, 0.29) is 6.04 Å². The fourth-order valence-corrected chi connectivity index (χ4v) is 3.17. The Morgan fingerprint density at radius 3 is 1.85 bits per heavy atom. The molecule has 0 unspecified atom stereocenters. The maximum absolute atomic E-state index is 6.03. The van der Waals surface area contributed by atoms with E-state index in [1.54, 1.807) is 12.1 Å². The molecule has 3 aromatic carbocycles. The topological polar surface area (TPSA) is 38.1 Å². The lowest BCUT2D eigenvalue weighted by Crippen LogP contribution is -2.12. The molecule has 4 aromatic rings. The van der Waals surface area contributed by atoms with E-state index in [1.807, 2.05) is 54.6 Å². The van der Waals surface area contributed by atoms with E-state index in [0.717, 1.165) is 16.6 Å². The fourth-order valence-electron chi connectivity index (χ4n) is 2.75. The normalized spacial score (nSPS) is 11.2. The molecule has 1 aromatic heterocycles. The maximum atomic E-state index is 6.03. The van der Waals surface area contributed by atoms with E-state index in [2.05, 4.69) is 10.3 Å². The van der Waals surface area contributed by atoms with Crippen molar-refractivity contribution < 1.29 is 4.42 Å². The van der Waals surface area contributed by atoms with Crippen molar-refractivity contribution in [2.45, 2.75) is 6.04 Å². The van der Waals surface area contributed by atoms with Gasteiger partial charge in [0.05, 0.1) is 6.04 Å². The van der Waals surface area contributed by atoms with Crippen molar-refractivity contribution in [3.8, 4) is 0 Å². The van der Waals surface area contributed by atoms with Gasteiger partial charge in [-0.3, -0.25) is 0 Å².